The maximum absolute atomic E-state index is 13.0. The first-order valence-electron chi connectivity index (χ1n) is 12.3. The van der Waals surface area contributed by atoms with Crippen molar-refractivity contribution in [1.29, 1.82) is 0 Å². The van der Waals surface area contributed by atoms with E-state index in [-0.39, 0.29) is 35.6 Å². The normalized spacial score (nSPS) is 20.8. The Labute approximate surface area is 216 Å². The SMILES string of the molecule is CC(C)NC(=O)[C@@H]1Cc2ccc(cc2)Oc2ccc(O)c(c2)C(=O)N[C@@H](C(C)C)C(=O)N[C@@H](C)C(=O)N1. The molecule has 2 aliphatic heterocycles. The average molecular weight is 511 g/mol. The molecule has 4 bridgehead atoms. The fourth-order valence-electron chi connectivity index (χ4n) is 3.84. The van der Waals surface area contributed by atoms with Crippen molar-refractivity contribution >= 4 is 23.6 Å². The summed E-state index contributed by atoms with van der Waals surface area (Å²) < 4.78 is 5.85. The first-order chi connectivity index (χ1) is 17.4. The van der Waals surface area contributed by atoms with Gasteiger partial charge < -0.3 is 31.1 Å². The van der Waals surface area contributed by atoms with Crippen LogP contribution in [0.5, 0.6) is 17.2 Å². The molecule has 5 N–H and O–H groups in total. The molecular formula is C27H34N4O6. The minimum atomic E-state index is -0.988. The van der Waals surface area contributed by atoms with E-state index in [1.807, 2.05) is 13.8 Å². The fraction of sp³-hybridized carbons (Fsp3) is 0.407. The van der Waals surface area contributed by atoms with Gasteiger partial charge in [0.05, 0.1) is 5.56 Å². The molecule has 0 fully saturated rings. The highest BCUT2D eigenvalue weighted by atomic mass is 16.5. The van der Waals surface area contributed by atoms with Gasteiger partial charge in [-0.15, -0.1) is 0 Å². The molecule has 10 nitrogen and oxygen atoms in total. The van der Waals surface area contributed by atoms with Gasteiger partial charge in [0.1, 0.15) is 35.4 Å². The zero-order chi connectivity index (χ0) is 27.3. The maximum Gasteiger partial charge on any atom is 0.255 e. The van der Waals surface area contributed by atoms with Gasteiger partial charge in [-0.2, -0.15) is 0 Å². The lowest BCUT2D eigenvalue weighted by Gasteiger charge is -2.26. The third-order valence-electron chi connectivity index (χ3n) is 5.86. The fourth-order valence-corrected chi connectivity index (χ4v) is 3.84. The molecule has 0 spiro atoms. The van der Waals surface area contributed by atoms with Crippen molar-refractivity contribution in [2.45, 2.75) is 65.2 Å². The van der Waals surface area contributed by atoms with Crippen molar-refractivity contribution in [2.24, 2.45) is 5.92 Å². The third kappa shape index (κ3) is 7.22. The second-order valence-electron chi connectivity index (χ2n) is 9.78. The van der Waals surface area contributed by atoms with Gasteiger partial charge in [0.25, 0.3) is 5.91 Å². The summed E-state index contributed by atoms with van der Waals surface area (Å²) in [4.78, 5) is 51.8. The van der Waals surface area contributed by atoms with Gasteiger partial charge in [0.2, 0.25) is 17.7 Å². The smallest absolute Gasteiger partial charge is 0.255 e. The lowest BCUT2D eigenvalue weighted by atomic mass is 10.0. The predicted molar refractivity (Wildman–Crippen MR) is 137 cm³/mol. The predicted octanol–water partition coefficient (Wildman–Crippen LogP) is 2.01. The van der Waals surface area contributed by atoms with E-state index in [4.69, 9.17) is 4.74 Å². The molecule has 0 saturated heterocycles. The summed E-state index contributed by atoms with van der Waals surface area (Å²) in [6.07, 6.45) is 0.222. The number of benzene rings is 2. The van der Waals surface area contributed by atoms with Crippen molar-refractivity contribution in [3.05, 3.63) is 53.6 Å². The summed E-state index contributed by atoms with van der Waals surface area (Å²) >= 11 is 0. The van der Waals surface area contributed by atoms with E-state index in [1.54, 1.807) is 38.1 Å². The molecule has 2 aliphatic rings. The molecule has 37 heavy (non-hydrogen) atoms. The highest BCUT2D eigenvalue weighted by molar-refractivity contribution is 6.00. The molecule has 0 saturated carbocycles. The summed E-state index contributed by atoms with van der Waals surface area (Å²) in [5, 5.41) is 21.1. The van der Waals surface area contributed by atoms with Gasteiger partial charge in [0, 0.05) is 12.5 Å². The van der Waals surface area contributed by atoms with E-state index in [1.165, 1.54) is 25.1 Å². The first kappa shape index (κ1) is 27.5. The summed E-state index contributed by atoms with van der Waals surface area (Å²) in [6.45, 7) is 8.64. The molecular weight excluding hydrogens is 476 g/mol. The molecule has 2 heterocycles. The van der Waals surface area contributed by atoms with Crippen molar-refractivity contribution in [1.82, 2.24) is 21.3 Å². The number of carbonyl (C=O) groups is 4. The van der Waals surface area contributed by atoms with Crippen molar-refractivity contribution in [3.63, 3.8) is 0 Å². The van der Waals surface area contributed by atoms with Crippen molar-refractivity contribution < 1.29 is 29.0 Å². The van der Waals surface area contributed by atoms with Crippen LogP contribution >= 0.6 is 0 Å². The Kier molecular flexibility index (Phi) is 8.75. The standard InChI is InChI=1S/C27H34N4O6/c1-14(2)23-27(36)29-16(5)24(33)30-21(26(35)28-15(3)4)12-17-6-8-18(9-7-17)37-19-10-11-22(32)20(13-19)25(34)31-23/h6-11,13-16,21,23,32H,12H2,1-5H3,(H,28,35)(H,29,36)(H,30,33)(H,31,34)/t16-,21-,23-/m0/s1. The van der Waals surface area contributed by atoms with Crippen LogP contribution in [-0.2, 0) is 20.8 Å². The van der Waals surface area contributed by atoms with Gasteiger partial charge in [-0.05, 0) is 62.6 Å². The zero-order valence-corrected chi connectivity index (χ0v) is 21.6. The molecule has 198 valence electrons. The molecule has 2 aromatic carbocycles. The molecule has 0 radical (unpaired) electrons. The van der Waals surface area contributed by atoms with E-state index in [0.717, 1.165) is 5.56 Å². The lowest BCUT2D eigenvalue weighted by Crippen LogP contribution is -2.57. The van der Waals surface area contributed by atoms with E-state index < -0.39 is 35.8 Å². The number of hydrogen-bond donors (Lipinski definition) is 5. The molecule has 0 aromatic heterocycles. The molecule has 10 heteroatoms. The minimum Gasteiger partial charge on any atom is -0.507 e. The number of amides is 4. The summed E-state index contributed by atoms with van der Waals surface area (Å²) in [5.74, 6) is -1.93. The van der Waals surface area contributed by atoms with E-state index >= 15 is 0 Å². The number of phenols is 1. The second kappa shape index (κ2) is 11.8. The Hall–Kier alpha value is -4.08. The third-order valence-corrected chi connectivity index (χ3v) is 5.86. The van der Waals surface area contributed by atoms with E-state index in [9.17, 15) is 24.3 Å². The number of rotatable bonds is 3. The average Bonchev–Trinajstić information content (AvgIpc) is 2.82. The first-order valence-corrected chi connectivity index (χ1v) is 12.3. The van der Waals surface area contributed by atoms with Crippen LogP contribution < -0.4 is 26.0 Å². The largest absolute Gasteiger partial charge is 0.507 e. The van der Waals surface area contributed by atoms with Crippen molar-refractivity contribution in [3.8, 4) is 17.2 Å². The van der Waals surface area contributed by atoms with Gasteiger partial charge in [-0.3, -0.25) is 19.2 Å². The maximum atomic E-state index is 13.0. The summed E-state index contributed by atoms with van der Waals surface area (Å²) in [6, 6.07) is 8.24. The second-order valence-corrected chi connectivity index (χ2v) is 9.78. The van der Waals surface area contributed by atoms with Crippen LogP contribution in [-0.4, -0.2) is 52.9 Å². The van der Waals surface area contributed by atoms with Crippen molar-refractivity contribution in [2.75, 3.05) is 0 Å². The number of phenolic OH excluding ortho intramolecular Hbond substituents is 1. The van der Waals surface area contributed by atoms with Gasteiger partial charge in [0.15, 0.2) is 0 Å². The minimum absolute atomic E-state index is 0.0570. The van der Waals surface area contributed by atoms with Crippen LogP contribution in [0.2, 0.25) is 0 Å². The highest BCUT2D eigenvalue weighted by Gasteiger charge is 2.30. The Balaban J connectivity index is 2.00. The topological polar surface area (TPSA) is 146 Å². The quantitative estimate of drug-likeness (QED) is 0.399. The van der Waals surface area contributed by atoms with E-state index in [2.05, 4.69) is 21.3 Å². The molecule has 3 atom stereocenters. The number of ether oxygens (including phenoxy) is 1. The molecule has 0 aliphatic carbocycles. The molecule has 4 amide bonds. The number of carbonyl (C=O) groups excluding carboxylic acids is 4. The van der Waals surface area contributed by atoms with Crippen LogP contribution in [0.4, 0.5) is 0 Å². The number of aromatic hydroxyl groups is 1. The van der Waals surface area contributed by atoms with Gasteiger partial charge in [-0.1, -0.05) is 26.0 Å². The monoisotopic (exact) mass is 510 g/mol. The Morgan fingerprint density at radius 2 is 1.59 bits per heavy atom. The Morgan fingerprint density at radius 3 is 2.22 bits per heavy atom. The Bertz CT molecular complexity index is 1160. The van der Waals surface area contributed by atoms with Crippen LogP contribution in [0.1, 0.15) is 50.5 Å². The molecule has 4 rings (SSSR count). The zero-order valence-electron chi connectivity index (χ0n) is 21.6. The molecule has 0 unspecified atom stereocenters. The van der Waals surface area contributed by atoms with Gasteiger partial charge in [-0.25, -0.2) is 0 Å². The van der Waals surface area contributed by atoms with Crippen LogP contribution in [0.3, 0.4) is 0 Å². The lowest BCUT2D eigenvalue weighted by molar-refractivity contribution is -0.132. The van der Waals surface area contributed by atoms with Gasteiger partial charge >= 0.3 is 0 Å². The summed E-state index contributed by atoms with van der Waals surface area (Å²) in [5.41, 5.74) is 0.721. The van der Waals surface area contributed by atoms with E-state index in [0.29, 0.717) is 11.5 Å². The number of hydrogen-bond acceptors (Lipinski definition) is 6. The summed E-state index contributed by atoms with van der Waals surface area (Å²) in [7, 11) is 0. The van der Waals surface area contributed by atoms with Crippen LogP contribution in [0.15, 0.2) is 42.5 Å². The van der Waals surface area contributed by atoms with Crippen LogP contribution in [0, 0.1) is 5.92 Å². The Morgan fingerprint density at radius 1 is 0.946 bits per heavy atom. The highest BCUT2D eigenvalue weighted by Crippen LogP contribution is 2.28. The number of nitrogens with one attached hydrogen (secondary N) is 4. The number of fused-ring (bicyclic) bond motifs is 11. The molecule has 2 aromatic rings. The van der Waals surface area contributed by atoms with Crippen LogP contribution in [0.25, 0.3) is 0 Å².